The van der Waals surface area contributed by atoms with Gasteiger partial charge >= 0.3 is 6.18 Å². The molecule has 1 aromatic carbocycles. The van der Waals surface area contributed by atoms with Gasteiger partial charge in [0.25, 0.3) is 0 Å². The average molecular weight is 198 g/mol. The minimum absolute atomic E-state index is 0.109. The smallest absolute Gasteiger partial charge is 0.295 e. The molecule has 0 aliphatic carbocycles. The van der Waals surface area contributed by atoms with Gasteiger partial charge in [-0.3, -0.25) is 4.79 Å². The molecule has 0 atom stereocenters. The molecule has 72 valence electrons. The maximum absolute atomic E-state index is 12.2. The normalized spacial score (nSPS) is 11.4. The standard InChI is InChI=1S/C9H6BF3O/c1-5(14)7-3-2-6(4-8(7)10)9(11,12)13/h2-4H,1H3. The zero-order valence-electron chi connectivity index (χ0n) is 7.35. The Balaban J connectivity index is 3.20. The number of carbonyl (C=O) groups is 1. The van der Waals surface area contributed by atoms with Gasteiger partial charge in [-0.2, -0.15) is 13.2 Å². The SMILES string of the molecule is [B]c1cc(C(F)(F)F)ccc1C(C)=O. The fraction of sp³-hybridized carbons (Fsp3) is 0.222. The number of hydrogen-bond donors (Lipinski definition) is 0. The highest BCUT2D eigenvalue weighted by molar-refractivity contribution is 6.36. The molecular weight excluding hydrogens is 192 g/mol. The van der Waals surface area contributed by atoms with E-state index >= 15 is 0 Å². The zero-order valence-corrected chi connectivity index (χ0v) is 7.35. The van der Waals surface area contributed by atoms with Crippen LogP contribution >= 0.6 is 0 Å². The van der Waals surface area contributed by atoms with Crippen molar-refractivity contribution >= 4 is 19.1 Å². The molecule has 0 saturated carbocycles. The number of rotatable bonds is 1. The van der Waals surface area contributed by atoms with E-state index in [4.69, 9.17) is 7.85 Å². The van der Waals surface area contributed by atoms with Crippen molar-refractivity contribution in [3.63, 3.8) is 0 Å². The molecule has 0 unspecified atom stereocenters. The number of hydrogen-bond acceptors (Lipinski definition) is 1. The highest BCUT2D eigenvalue weighted by Gasteiger charge is 2.30. The first-order chi connectivity index (χ1) is 6.32. The van der Waals surface area contributed by atoms with Crippen molar-refractivity contribution in [1.29, 1.82) is 0 Å². The van der Waals surface area contributed by atoms with E-state index in [1.54, 1.807) is 0 Å². The number of benzene rings is 1. The Labute approximate surface area is 80.3 Å². The molecule has 0 bridgehead atoms. The van der Waals surface area contributed by atoms with Crippen molar-refractivity contribution in [3.8, 4) is 0 Å². The minimum atomic E-state index is -4.43. The van der Waals surface area contributed by atoms with Crippen LogP contribution in [0.25, 0.3) is 0 Å². The lowest BCUT2D eigenvalue weighted by atomic mass is 9.87. The maximum Gasteiger partial charge on any atom is 0.416 e. The zero-order chi connectivity index (χ0) is 10.9. The van der Waals surface area contributed by atoms with Crippen molar-refractivity contribution < 1.29 is 18.0 Å². The van der Waals surface area contributed by atoms with E-state index < -0.39 is 11.7 Å². The molecule has 0 N–H and O–H groups in total. The second-order valence-electron chi connectivity index (χ2n) is 2.86. The van der Waals surface area contributed by atoms with Gasteiger partial charge in [-0.1, -0.05) is 17.6 Å². The molecule has 14 heavy (non-hydrogen) atoms. The van der Waals surface area contributed by atoms with Gasteiger partial charge in [-0.15, -0.1) is 0 Å². The van der Waals surface area contributed by atoms with E-state index in [0.29, 0.717) is 0 Å². The summed E-state index contributed by atoms with van der Waals surface area (Å²) in [4.78, 5) is 10.9. The molecule has 0 amide bonds. The van der Waals surface area contributed by atoms with E-state index in [2.05, 4.69) is 0 Å². The van der Waals surface area contributed by atoms with Crippen molar-refractivity contribution in [1.82, 2.24) is 0 Å². The van der Waals surface area contributed by atoms with Crippen LogP contribution < -0.4 is 5.46 Å². The fourth-order valence-corrected chi connectivity index (χ4v) is 1.06. The number of halogens is 3. The van der Waals surface area contributed by atoms with E-state index in [-0.39, 0.29) is 16.8 Å². The number of carbonyl (C=O) groups excluding carboxylic acids is 1. The molecule has 1 rings (SSSR count). The Morgan fingerprint density at radius 1 is 1.36 bits per heavy atom. The summed E-state index contributed by atoms with van der Waals surface area (Å²) in [6.07, 6.45) is -4.43. The highest BCUT2D eigenvalue weighted by atomic mass is 19.4. The van der Waals surface area contributed by atoms with E-state index in [1.165, 1.54) is 6.92 Å². The molecule has 1 nitrogen and oxygen atoms in total. The largest absolute Gasteiger partial charge is 0.416 e. The van der Waals surface area contributed by atoms with E-state index in [0.717, 1.165) is 18.2 Å². The summed E-state index contributed by atoms with van der Waals surface area (Å²) < 4.78 is 36.5. The van der Waals surface area contributed by atoms with Gasteiger partial charge in [-0.25, -0.2) is 0 Å². The Morgan fingerprint density at radius 3 is 2.29 bits per heavy atom. The predicted octanol–water partition coefficient (Wildman–Crippen LogP) is 1.70. The summed E-state index contributed by atoms with van der Waals surface area (Å²) in [7, 11) is 5.30. The van der Waals surface area contributed by atoms with Crippen LogP contribution in [0.3, 0.4) is 0 Å². The highest BCUT2D eigenvalue weighted by Crippen LogP contribution is 2.28. The lowest BCUT2D eigenvalue weighted by molar-refractivity contribution is -0.137. The third kappa shape index (κ3) is 2.16. The van der Waals surface area contributed by atoms with E-state index in [9.17, 15) is 18.0 Å². The van der Waals surface area contributed by atoms with Crippen LogP contribution in [0.4, 0.5) is 13.2 Å². The van der Waals surface area contributed by atoms with Gasteiger partial charge in [0.05, 0.1) is 5.56 Å². The van der Waals surface area contributed by atoms with Crippen molar-refractivity contribution in [2.45, 2.75) is 13.1 Å². The minimum Gasteiger partial charge on any atom is -0.295 e. The summed E-state index contributed by atoms with van der Waals surface area (Å²) in [6.45, 7) is 1.25. The Kier molecular flexibility index (Phi) is 2.69. The van der Waals surface area contributed by atoms with E-state index in [1.807, 2.05) is 0 Å². The molecule has 0 aliphatic rings. The molecule has 2 radical (unpaired) electrons. The summed E-state index contributed by atoms with van der Waals surface area (Å²) >= 11 is 0. The molecular formula is C9H6BF3O. The predicted molar refractivity (Wildman–Crippen MR) is 46.8 cm³/mol. The Hall–Kier alpha value is -1.26. The summed E-state index contributed by atoms with van der Waals surface area (Å²) in [5, 5.41) is 0. The Bertz CT molecular complexity index is 371. The first kappa shape index (κ1) is 10.8. The molecule has 0 aliphatic heterocycles. The molecule has 0 heterocycles. The molecule has 0 saturated heterocycles. The molecule has 1 aromatic rings. The van der Waals surface area contributed by atoms with Gasteiger partial charge in [0, 0.05) is 5.56 Å². The molecule has 0 spiro atoms. The molecule has 0 aromatic heterocycles. The second kappa shape index (κ2) is 3.48. The average Bonchev–Trinajstić information content (AvgIpc) is 2.01. The third-order valence-corrected chi connectivity index (χ3v) is 1.76. The van der Waals surface area contributed by atoms with Crippen LogP contribution in [-0.2, 0) is 6.18 Å². The molecule has 5 heteroatoms. The molecule has 0 fully saturated rings. The van der Waals surface area contributed by atoms with Crippen LogP contribution in [0.15, 0.2) is 18.2 Å². The first-order valence-corrected chi connectivity index (χ1v) is 3.80. The lowest BCUT2D eigenvalue weighted by Gasteiger charge is -2.09. The van der Waals surface area contributed by atoms with Gasteiger partial charge in [0.2, 0.25) is 0 Å². The maximum atomic E-state index is 12.2. The lowest BCUT2D eigenvalue weighted by Crippen LogP contribution is -2.17. The summed E-state index contributed by atoms with van der Waals surface area (Å²) in [5.74, 6) is -0.351. The summed E-state index contributed by atoms with van der Waals surface area (Å²) in [5.41, 5.74) is -0.884. The van der Waals surface area contributed by atoms with Crippen LogP contribution in [0.2, 0.25) is 0 Å². The van der Waals surface area contributed by atoms with Crippen molar-refractivity contribution in [2.24, 2.45) is 0 Å². The van der Waals surface area contributed by atoms with Crippen molar-refractivity contribution in [3.05, 3.63) is 29.3 Å². The van der Waals surface area contributed by atoms with Crippen LogP contribution in [0, 0.1) is 0 Å². The Morgan fingerprint density at radius 2 is 1.93 bits per heavy atom. The number of Topliss-reactive ketones (excluding diaryl/α,β-unsaturated/α-hetero) is 1. The number of ketones is 1. The van der Waals surface area contributed by atoms with Gasteiger partial charge in [-0.05, 0) is 13.0 Å². The summed E-state index contributed by atoms with van der Waals surface area (Å²) in [6, 6.07) is 2.68. The third-order valence-electron chi connectivity index (χ3n) is 1.76. The quantitative estimate of drug-likeness (QED) is 0.495. The second-order valence-corrected chi connectivity index (χ2v) is 2.86. The fourth-order valence-electron chi connectivity index (χ4n) is 1.06. The first-order valence-electron chi connectivity index (χ1n) is 3.80. The van der Waals surface area contributed by atoms with Gasteiger partial charge in [0.15, 0.2) is 5.78 Å². The topological polar surface area (TPSA) is 17.1 Å². The van der Waals surface area contributed by atoms with Crippen LogP contribution in [-0.4, -0.2) is 13.6 Å². The van der Waals surface area contributed by atoms with Crippen molar-refractivity contribution in [2.75, 3.05) is 0 Å². The van der Waals surface area contributed by atoms with Gasteiger partial charge in [0.1, 0.15) is 7.85 Å². The van der Waals surface area contributed by atoms with Crippen LogP contribution in [0.1, 0.15) is 22.8 Å². The van der Waals surface area contributed by atoms with Crippen LogP contribution in [0.5, 0.6) is 0 Å². The van der Waals surface area contributed by atoms with Gasteiger partial charge < -0.3 is 0 Å². The number of alkyl halides is 3. The monoisotopic (exact) mass is 198 g/mol.